The van der Waals surface area contributed by atoms with Gasteiger partial charge in [-0.3, -0.25) is 0 Å². The van der Waals surface area contributed by atoms with Gasteiger partial charge in [0.05, 0.1) is 12.7 Å². The average Bonchev–Trinajstić information content (AvgIpc) is 3.25. The highest BCUT2D eigenvalue weighted by atomic mass is 28.5. The fourth-order valence-electron chi connectivity index (χ4n) is 3.85. The van der Waals surface area contributed by atoms with Crippen molar-refractivity contribution in [2.75, 3.05) is 6.61 Å². The van der Waals surface area contributed by atoms with Gasteiger partial charge in [-0.2, -0.15) is 0 Å². The minimum atomic E-state index is -2.36. The Labute approximate surface area is 183 Å². The van der Waals surface area contributed by atoms with Gasteiger partial charge in [-0.1, -0.05) is 24.3 Å². The number of rotatable bonds is 11. The van der Waals surface area contributed by atoms with E-state index in [1.165, 1.54) is 10.8 Å². The van der Waals surface area contributed by atoms with Crippen LogP contribution >= 0.6 is 0 Å². The van der Waals surface area contributed by atoms with Crippen LogP contribution in [-0.4, -0.2) is 55.8 Å². The van der Waals surface area contributed by atoms with Crippen LogP contribution in [0, 0.1) is 0 Å². The minimum Gasteiger partial charge on any atom is -0.437 e. The topological polar surface area (TPSA) is 49.5 Å². The van der Waals surface area contributed by atoms with Gasteiger partial charge < -0.3 is 21.2 Å². The summed E-state index contributed by atoms with van der Waals surface area (Å²) >= 11 is 0. The molecule has 1 fully saturated rings. The Morgan fingerprint density at radius 1 is 0.828 bits per heavy atom. The Morgan fingerprint density at radius 2 is 1.31 bits per heavy atom. The van der Waals surface area contributed by atoms with Gasteiger partial charge in [0.2, 0.25) is 0 Å². The molecular formula is C19H40O5Si5. The monoisotopic (exact) mass is 488 g/mol. The molecule has 1 aromatic rings. The van der Waals surface area contributed by atoms with E-state index in [4.69, 9.17) is 21.2 Å². The third kappa shape index (κ3) is 9.85. The van der Waals surface area contributed by atoms with E-state index in [0.717, 1.165) is 13.0 Å². The fraction of sp³-hybridized carbons (Fsp3) is 0.684. The molecule has 0 amide bonds. The van der Waals surface area contributed by atoms with E-state index in [-0.39, 0.29) is 0 Å². The summed E-state index contributed by atoms with van der Waals surface area (Å²) in [4.78, 5) is 0. The molecule has 166 valence electrons. The van der Waals surface area contributed by atoms with Gasteiger partial charge in [-0.15, -0.1) is 0 Å². The molecule has 2 rings (SSSR count). The normalized spacial score (nSPS) is 19.3. The summed E-state index contributed by atoms with van der Waals surface area (Å²) in [7, 11) is -10.1. The molecule has 1 saturated heterocycles. The molecule has 0 saturated carbocycles. The Morgan fingerprint density at radius 3 is 1.79 bits per heavy atom. The molecule has 10 heteroatoms. The van der Waals surface area contributed by atoms with Crippen LogP contribution < -0.4 is 5.19 Å². The predicted octanol–water partition coefficient (Wildman–Crippen LogP) is 4.20. The molecule has 0 N–H and O–H groups in total. The van der Waals surface area contributed by atoms with Gasteiger partial charge in [-0.25, -0.2) is 0 Å². The zero-order valence-corrected chi connectivity index (χ0v) is 25.1. The molecule has 0 spiro atoms. The highest BCUT2D eigenvalue weighted by Gasteiger charge is 2.43. The summed E-state index contributed by atoms with van der Waals surface area (Å²) in [6.07, 6.45) is 1.44. The minimum absolute atomic E-state index is 0.427. The molecule has 1 aliphatic rings. The molecule has 1 aliphatic heterocycles. The average molecular weight is 489 g/mol. The Bertz CT molecular complexity index is 669. The van der Waals surface area contributed by atoms with E-state index in [1.807, 2.05) is 0 Å². The van der Waals surface area contributed by atoms with Crippen molar-refractivity contribution in [3.63, 3.8) is 0 Å². The quantitative estimate of drug-likeness (QED) is 0.345. The molecule has 0 radical (unpaired) electrons. The largest absolute Gasteiger partial charge is 0.437 e. The first-order chi connectivity index (χ1) is 13.1. The summed E-state index contributed by atoms with van der Waals surface area (Å²) in [6, 6.07) is 8.86. The lowest BCUT2D eigenvalue weighted by Gasteiger charge is -2.40. The number of epoxide rings is 1. The van der Waals surface area contributed by atoms with Crippen molar-refractivity contribution < 1.29 is 21.2 Å². The van der Waals surface area contributed by atoms with Gasteiger partial charge in [-0.05, 0) is 76.2 Å². The van der Waals surface area contributed by atoms with Crippen LogP contribution in [-0.2, 0) is 27.6 Å². The van der Waals surface area contributed by atoms with Crippen LogP contribution in [0.25, 0.3) is 0 Å². The zero-order chi connectivity index (χ0) is 22.1. The first-order valence-corrected chi connectivity index (χ1v) is 24.6. The molecule has 0 bridgehead atoms. The third-order valence-electron chi connectivity index (χ3n) is 4.31. The van der Waals surface area contributed by atoms with Crippen molar-refractivity contribution in [1.29, 1.82) is 0 Å². The van der Waals surface area contributed by atoms with Crippen molar-refractivity contribution in [1.82, 2.24) is 0 Å². The second-order valence-corrected chi connectivity index (χ2v) is 28.2. The molecule has 2 atom stereocenters. The highest BCUT2D eigenvalue weighted by Crippen LogP contribution is 2.24. The second-order valence-electron chi connectivity index (χ2n) is 10.3. The molecule has 5 nitrogen and oxygen atoms in total. The van der Waals surface area contributed by atoms with Crippen LogP contribution in [0.4, 0.5) is 0 Å². The Hall–Kier alpha value is 0.104. The van der Waals surface area contributed by atoms with E-state index in [9.17, 15) is 0 Å². The maximum Gasteiger partial charge on any atom is 0.314 e. The van der Waals surface area contributed by atoms with Crippen molar-refractivity contribution in [3.05, 3.63) is 29.8 Å². The van der Waals surface area contributed by atoms with Gasteiger partial charge in [0.25, 0.3) is 0 Å². The highest BCUT2D eigenvalue weighted by molar-refractivity contribution is 6.89. The lowest BCUT2D eigenvalue weighted by Crippen LogP contribution is -2.57. The molecule has 1 aromatic carbocycles. The number of hydrogen-bond acceptors (Lipinski definition) is 5. The second kappa shape index (κ2) is 9.31. The van der Waals surface area contributed by atoms with Crippen molar-refractivity contribution >= 4 is 48.2 Å². The zero-order valence-electron chi connectivity index (χ0n) is 19.9. The maximum atomic E-state index is 6.58. The van der Waals surface area contributed by atoms with E-state index >= 15 is 0 Å². The third-order valence-corrected chi connectivity index (χ3v) is 21.6. The lowest BCUT2D eigenvalue weighted by molar-refractivity contribution is 0.302. The molecule has 0 aromatic heterocycles. The number of hydrogen-bond donors (Lipinski definition) is 0. The van der Waals surface area contributed by atoms with E-state index < -0.39 is 43.0 Å². The van der Waals surface area contributed by atoms with Crippen molar-refractivity contribution in [3.8, 4) is 0 Å². The first-order valence-electron chi connectivity index (χ1n) is 10.5. The van der Waals surface area contributed by atoms with Crippen LogP contribution in [0.3, 0.4) is 0 Å². The first kappa shape index (κ1) is 25.4. The van der Waals surface area contributed by atoms with Gasteiger partial charge in [0, 0.05) is 6.42 Å². The molecule has 1 heterocycles. The maximum absolute atomic E-state index is 6.58. The SMILES string of the molecule is C[SiH](O[Si](C)(C)O[Si](C)(C)O[Si](C)(C)O[Si](C)(C)C)c1ccc(CC2CO2)cc1. The molecule has 29 heavy (non-hydrogen) atoms. The predicted molar refractivity (Wildman–Crippen MR) is 133 cm³/mol. The van der Waals surface area contributed by atoms with E-state index in [1.54, 1.807) is 0 Å². The number of ether oxygens (including phenoxy) is 1. The van der Waals surface area contributed by atoms with Crippen molar-refractivity contribution in [2.45, 2.75) is 78.0 Å². The smallest absolute Gasteiger partial charge is 0.314 e. The number of benzene rings is 1. The summed E-state index contributed by atoms with van der Waals surface area (Å²) in [5.74, 6) is 0. The van der Waals surface area contributed by atoms with E-state index in [2.05, 4.69) is 89.7 Å². The summed E-state index contributed by atoms with van der Waals surface area (Å²) in [6.45, 7) is 22.5. The Kier molecular flexibility index (Phi) is 8.14. The molecule has 0 aliphatic carbocycles. The van der Waals surface area contributed by atoms with Crippen LogP contribution in [0.5, 0.6) is 0 Å². The Balaban J connectivity index is 1.94. The van der Waals surface area contributed by atoms with E-state index in [0.29, 0.717) is 6.10 Å². The van der Waals surface area contributed by atoms with Crippen LogP contribution in [0.1, 0.15) is 5.56 Å². The van der Waals surface area contributed by atoms with Crippen molar-refractivity contribution in [2.24, 2.45) is 0 Å². The summed E-state index contributed by atoms with van der Waals surface area (Å²) < 4.78 is 31.3. The van der Waals surface area contributed by atoms with Gasteiger partial charge in [0.1, 0.15) is 0 Å². The van der Waals surface area contributed by atoms with Crippen LogP contribution in [0.2, 0.25) is 65.5 Å². The summed E-state index contributed by atoms with van der Waals surface area (Å²) in [5, 5.41) is 1.31. The fourth-order valence-corrected chi connectivity index (χ4v) is 25.6. The summed E-state index contributed by atoms with van der Waals surface area (Å²) in [5.41, 5.74) is 1.33. The lowest BCUT2D eigenvalue weighted by atomic mass is 10.1. The van der Waals surface area contributed by atoms with Gasteiger partial charge in [0.15, 0.2) is 17.4 Å². The molecule has 2 unspecified atom stereocenters. The standard InChI is InChI=1S/C19H40O5Si5/c1-25(19-13-11-17(12-14-19)15-18-16-20-18)21-27(5,6)23-29(9,10)24-28(7,8)22-26(2,3)4/h11-14,18,25H,15-16H2,1-10H3. The van der Waals surface area contributed by atoms with Gasteiger partial charge >= 0.3 is 25.7 Å². The molecular weight excluding hydrogens is 449 g/mol. The van der Waals surface area contributed by atoms with Crippen LogP contribution in [0.15, 0.2) is 24.3 Å².